The molecule has 1 heterocycles. The third-order valence-corrected chi connectivity index (χ3v) is 2.68. The molecule has 1 unspecified atom stereocenters. The highest BCUT2D eigenvalue weighted by Crippen LogP contribution is 2.10. The lowest BCUT2D eigenvalue weighted by Gasteiger charge is -2.32. The van der Waals surface area contributed by atoms with Gasteiger partial charge in [0.25, 0.3) is 0 Å². The van der Waals surface area contributed by atoms with Gasteiger partial charge in [-0.2, -0.15) is 0 Å². The van der Waals surface area contributed by atoms with Crippen LogP contribution < -0.4 is 5.32 Å². The van der Waals surface area contributed by atoms with Gasteiger partial charge in [0.15, 0.2) is 0 Å². The maximum Gasteiger partial charge on any atom is 0.219 e. The molecule has 3 heteroatoms. The third-order valence-electron chi connectivity index (χ3n) is 2.68. The monoisotopic (exact) mass is 194 g/mol. The molecular formula is C11H18N2O. The summed E-state index contributed by atoms with van der Waals surface area (Å²) in [4.78, 5) is 12.9. The summed E-state index contributed by atoms with van der Waals surface area (Å²) in [5.41, 5.74) is 0. The number of rotatable bonds is 2. The largest absolute Gasteiger partial charge is 0.343 e. The minimum Gasteiger partial charge on any atom is -0.343 e. The second-order valence-electron chi connectivity index (χ2n) is 3.84. The highest BCUT2D eigenvalue weighted by molar-refractivity contribution is 5.73. The van der Waals surface area contributed by atoms with E-state index in [0.29, 0.717) is 6.04 Å². The fourth-order valence-electron chi connectivity index (χ4n) is 1.76. The molecule has 78 valence electrons. The zero-order valence-electron chi connectivity index (χ0n) is 8.92. The number of likely N-dealkylation sites (tertiary alicyclic amines) is 1. The molecule has 1 fully saturated rings. The Morgan fingerprint density at radius 2 is 2.14 bits per heavy atom. The fraction of sp³-hybridized carbons (Fsp3) is 0.727. The van der Waals surface area contributed by atoms with Crippen molar-refractivity contribution in [2.75, 3.05) is 13.1 Å². The summed E-state index contributed by atoms with van der Waals surface area (Å²) < 4.78 is 0. The lowest BCUT2D eigenvalue weighted by molar-refractivity contribution is -0.129. The number of hydrogen-bond donors (Lipinski definition) is 1. The van der Waals surface area contributed by atoms with Crippen molar-refractivity contribution in [3.8, 4) is 12.3 Å². The first-order valence-electron chi connectivity index (χ1n) is 5.11. The Balaban J connectivity index is 2.29. The molecule has 0 saturated carbocycles. The summed E-state index contributed by atoms with van der Waals surface area (Å²) in [6.45, 7) is 5.31. The van der Waals surface area contributed by atoms with Gasteiger partial charge in [-0.1, -0.05) is 5.92 Å². The summed E-state index contributed by atoms with van der Waals surface area (Å²) in [6.07, 6.45) is 7.30. The highest BCUT2D eigenvalue weighted by atomic mass is 16.2. The molecule has 0 radical (unpaired) electrons. The number of nitrogens with one attached hydrogen (secondary N) is 1. The molecule has 14 heavy (non-hydrogen) atoms. The molecule has 1 aliphatic rings. The van der Waals surface area contributed by atoms with E-state index < -0.39 is 0 Å². The number of hydrogen-bond acceptors (Lipinski definition) is 2. The standard InChI is InChI=1S/C11H18N2O/c1-4-9(2)12-11-5-7-13(8-6-11)10(3)14/h1,9,11-12H,5-8H2,2-3H3. The van der Waals surface area contributed by atoms with Crippen LogP contribution in [0.5, 0.6) is 0 Å². The van der Waals surface area contributed by atoms with Crippen molar-refractivity contribution < 1.29 is 4.79 Å². The summed E-state index contributed by atoms with van der Waals surface area (Å²) in [5, 5.41) is 3.35. The molecule has 1 aliphatic heterocycles. The summed E-state index contributed by atoms with van der Waals surface area (Å²) in [5.74, 6) is 2.83. The lowest BCUT2D eigenvalue weighted by atomic mass is 10.0. The van der Waals surface area contributed by atoms with Crippen molar-refractivity contribution in [1.82, 2.24) is 10.2 Å². The zero-order chi connectivity index (χ0) is 10.6. The average Bonchev–Trinajstić information content (AvgIpc) is 2.18. The average molecular weight is 194 g/mol. The molecule has 0 bridgehead atoms. The normalized spacial score (nSPS) is 20.2. The molecule has 0 aromatic carbocycles. The molecule has 0 aliphatic carbocycles. The van der Waals surface area contributed by atoms with E-state index >= 15 is 0 Å². The molecule has 3 nitrogen and oxygen atoms in total. The molecule has 1 saturated heterocycles. The smallest absolute Gasteiger partial charge is 0.219 e. The second kappa shape index (κ2) is 5.02. The van der Waals surface area contributed by atoms with Crippen molar-refractivity contribution in [3.05, 3.63) is 0 Å². The Labute approximate surface area is 85.9 Å². The van der Waals surface area contributed by atoms with Crippen LogP contribution in [-0.2, 0) is 4.79 Å². The summed E-state index contributed by atoms with van der Waals surface area (Å²) >= 11 is 0. The van der Waals surface area contributed by atoms with Crippen LogP contribution in [0.15, 0.2) is 0 Å². The number of amides is 1. The van der Waals surface area contributed by atoms with Gasteiger partial charge in [-0.25, -0.2) is 0 Å². The van der Waals surface area contributed by atoms with Gasteiger partial charge in [0, 0.05) is 26.1 Å². The summed E-state index contributed by atoms with van der Waals surface area (Å²) in [7, 11) is 0. The van der Waals surface area contributed by atoms with Crippen LogP contribution >= 0.6 is 0 Å². The lowest BCUT2D eigenvalue weighted by Crippen LogP contribution is -2.46. The summed E-state index contributed by atoms with van der Waals surface area (Å²) in [6, 6.07) is 0.598. The minimum atomic E-state index is 0.129. The van der Waals surface area contributed by atoms with Crippen LogP contribution in [0.3, 0.4) is 0 Å². The molecular weight excluding hydrogens is 176 g/mol. The SMILES string of the molecule is C#CC(C)NC1CCN(C(C)=O)CC1. The Morgan fingerprint density at radius 3 is 2.57 bits per heavy atom. The van der Waals surface area contributed by atoms with Gasteiger partial charge in [0.1, 0.15) is 0 Å². The van der Waals surface area contributed by atoms with E-state index in [1.54, 1.807) is 6.92 Å². The first-order valence-corrected chi connectivity index (χ1v) is 5.11. The Morgan fingerprint density at radius 1 is 1.57 bits per heavy atom. The molecule has 1 atom stereocenters. The molecule has 1 rings (SSSR count). The van der Waals surface area contributed by atoms with Crippen LogP contribution in [0, 0.1) is 12.3 Å². The Hall–Kier alpha value is -1.01. The van der Waals surface area contributed by atoms with Crippen molar-refractivity contribution in [3.63, 3.8) is 0 Å². The fourth-order valence-corrected chi connectivity index (χ4v) is 1.76. The number of carbonyl (C=O) groups excluding carboxylic acids is 1. The predicted molar refractivity (Wildman–Crippen MR) is 56.7 cm³/mol. The maximum absolute atomic E-state index is 11.1. The van der Waals surface area contributed by atoms with Gasteiger partial charge >= 0.3 is 0 Å². The van der Waals surface area contributed by atoms with Crippen molar-refractivity contribution >= 4 is 5.91 Å². The highest BCUT2D eigenvalue weighted by Gasteiger charge is 2.20. The predicted octanol–water partition coefficient (Wildman–Crippen LogP) is 0.609. The van der Waals surface area contributed by atoms with Crippen LogP contribution in [-0.4, -0.2) is 36.0 Å². The number of terminal acetylenes is 1. The van der Waals surface area contributed by atoms with Gasteiger partial charge in [-0.15, -0.1) is 6.42 Å². The molecule has 0 spiro atoms. The first kappa shape index (κ1) is 11.1. The van der Waals surface area contributed by atoms with Gasteiger partial charge in [-0.3, -0.25) is 4.79 Å². The first-order chi connectivity index (χ1) is 6.63. The molecule has 1 N–H and O–H groups in total. The van der Waals surface area contributed by atoms with E-state index in [1.165, 1.54) is 0 Å². The van der Waals surface area contributed by atoms with E-state index in [4.69, 9.17) is 6.42 Å². The Bertz CT molecular complexity index is 236. The van der Waals surface area contributed by atoms with E-state index in [1.807, 2.05) is 11.8 Å². The van der Waals surface area contributed by atoms with Gasteiger partial charge in [0.2, 0.25) is 5.91 Å². The van der Waals surface area contributed by atoms with E-state index in [2.05, 4.69) is 11.2 Å². The number of piperidine rings is 1. The van der Waals surface area contributed by atoms with E-state index in [-0.39, 0.29) is 11.9 Å². The van der Waals surface area contributed by atoms with Crippen LogP contribution in [0.2, 0.25) is 0 Å². The van der Waals surface area contributed by atoms with Crippen LogP contribution in [0.1, 0.15) is 26.7 Å². The molecule has 0 aromatic rings. The topological polar surface area (TPSA) is 32.3 Å². The molecule has 0 aromatic heterocycles. The van der Waals surface area contributed by atoms with Crippen molar-refractivity contribution in [2.24, 2.45) is 0 Å². The van der Waals surface area contributed by atoms with Gasteiger partial charge in [0.05, 0.1) is 6.04 Å². The third kappa shape index (κ3) is 3.04. The van der Waals surface area contributed by atoms with Gasteiger partial charge < -0.3 is 10.2 Å². The van der Waals surface area contributed by atoms with Gasteiger partial charge in [-0.05, 0) is 19.8 Å². The zero-order valence-corrected chi connectivity index (χ0v) is 8.92. The second-order valence-corrected chi connectivity index (χ2v) is 3.84. The minimum absolute atomic E-state index is 0.129. The quantitative estimate of drug-likeness (QED) is 0.653. The van der Waals surface area contributed by atoms with E-state index in [9.17, 15) is 4.79 Å². The van der Waals surface area contributed by atoms with E-state index in [0.717, 1.165) is 25.9 Å². The molecule has 1 amide bonds. The van der Waals surface area contributed by atoms with Crippen molar-refractivity contribution in [2.45, 2.75) is 38.8 Å². The maximum atomic E-state index is 11.1. The number of nitrogens with zero attached hydrogens (tertiary/aromatic N) is 1. The Kier molecular flexibility index (Phi) is 3.97. The number of carbonyl (C=O) groups is 1. The van der Waals surface area contributed by atoms with Crippen LogP contribution in [0.4, 0.5) is 0 Å². The van der Waals surface area contributed by atoms with Crippen molar-refractivity contribution in [1.29, 1.82) is 0 Å². The van der Waals surface area contributed by atoms with Crippen LogP contribution in [0.25, 0.3) is 0 Å².